The van der Waals surface area contributed by atoms with E-state index in [4.69, 9.17) is 9.47 Å². The summed E-state index contributed by atoms with van der Waals surface area (Å²) in [5.41, 5.74) is 0.612. The fourth-order valence-electron chi connectivity index (χ4n) is 2.88. The van der Waals surface area contributed by atoms with Crippen LogP contribution in [0.15, 0.2) is 18.2 Å². The van der Waals surface area contributed by atoms with Crippen LogP contribution in [-0.2, 0) is 14.3 Å². The van der Waals surface area contributed by atoms with Crippen molar-refractivity contribution in [3.8, 4) is 0 Å². The number of nitrogens with one attached hydrogen (secondary N) is 1. The van der Waals surface area contributed by atoms with E-state index in [1.165, 1.54) is 13.0 Å². The number of hydrogen-bond acceptors (Lipinski definition) is 6. The highest BCUT2D eigenvalue weighted by Crippen LogP contribution is 2.30. The molecule has 3 rings (SSSR count). The lowest BCUT2D eigenvalue weighted by molar-refractivity contribution is -0.119. The Morgan fingerprint density at radius 2 is 2.12 bits per heavy atom. The normalized spacial score (nSPS) is 23.6. The molecule has 2 heterocycles. The average molecular weight is 353 g/mol. The van der Waals surface area contributed by atoms with Gasteiger partial charge in [-0.05, 0) is 18.2 Å². The Hall–Kier alpha value is -2.39. The van der Waals surface area contributed by atoms with Gasteiger partial charge >= 0.3 is 6.09 Å². The number of cyclic esters (lactones) is 1. The first-order chi connectivity index (χ1) is 12.0. The third kappa shape index (κ3) is 3.67. The SMILES string of the molecule is CC(=O)NC[C@@H]1OC(=O)N(c2ccc(N3CCOCC3)c(F)c2)[C@H]1O. The molecule has 0 spiro atoms. The molecule has 0 aromatic heterocycles. The molecule has 0 bridgehead atoms. The predicted octanol–water partition coefficient (Wildman–Crippen LogP) is 0.442. The molecule has 2 fully saturated rings. The Balaban J connectivity index is 1.75. The van der Waals surface area contributed by atoms with Crippen molar-refractivity contribution in [2.75, 3.05) is 42.6 Å². The van der Waals surface area contributed by atoms with Crippen molar-refractivity contribution in [1.82, 2.24) is 5.32 Å². The summed E-state index contributed by atoms with van der Waals surface area (Å²) in [6.07, 6.45) is -3.02. The fraction of sp³-hybridized carbons (Fsp3) is 0.500. The quantitative estimate of drug-likeness (QED) is 0.816. The molecule has 2 aliphatic rings. The van der Waals surface area contributed by atoms with E-state index in [1.807, 2.05) is 4.90 Å². The molecular weight excluding hydrogens is 333 g/mol. The molecule has 2 aliphatic heterocycles. The van der Waals surface area contributed by atoms with Gasteiger partial charge in [0.25, 0.3) is 0 Å². The van der Waals surface area contributed by atoms with Gasteiger partial charge in [-0.2, -0.15) is 0 Å². The molecule has 2 atom stereocenters. The number of nitrogens with zero attached hydrogens (tertiary/aromatic N) is 2. The standard InChI is InChI=1S/C16H20FN3O5/c1-10(21)18-9-14-15(22)20(16(23)25-14)11-2-3-13(12(17)8-11)19-4-6-24-7-5-19/h2-3,8,14-15,22H,4-7,9H2,1H3,(H,18,21)/t14-,15-/m0/s1. The van der Waals surface area contributed by atoms with Gasteiger partial charge in [0.15, 0.2) is 12.3 Å². The smallest absolute Gasteiger partial charge is 0.417 e. The molecule has 0 aliphatic carbocycles. The van der Waals surface area contributed by atoms with Crippen LogP contribution in [0.25, 0.3) is 0 Å². The van der Waals surface area contributed by atoms with Crippen LogP contribution in [0.5, 0.6) is 0 Å². The van der Waals surface area contributed by atoms with Gasteiger partial charge in [0.2, 0.25) is 5.91 Å². The Bertz CT molecular complexity index is 665. The average Bonchev–Trinajstić information content (AvgIpc) is 2.87. The molecule has 0 unspecified atom stereocenters. The largest absolute Gasteiger partial charge is 0.439 e. The number of halogens is 1. The topological polar surface area (TPSA) is 91.3 Å². The zero-order valence-electron chi connectivity index (χ0n) is 13.8. The molecule has 2 saturated heterocycles. The lowest BCUT2D eigenvalue weighted by Gasteiger charge is -2.29. The highest BCUT2D eigenvalue weighted by atomic mass is 19.1. The number of anilines is 2. The number of carbonyl (C=O) groups excluding carboxylic acids is 2. The third-order valence-corrected chi connectivity index (χ3v) is 4.16. The van der Waals surface area contributed by atoms with Crippen LogP contribution in [0.1, 0.15) is 6.92 Å². The van der Waals surface area contributed by atoms with E-state index in [-0.39, 0.29) is 18.1 Å². The van der Waals surface area contributed by atoms with Gasteiger partial charge in [0, 0.05) is 20.0 Å². The number of rotatable bonds is 4. The number of amides is 2. The minimum absolute atomic E-state index is 0.0208. The molecule has 2 amide bonds. The zero-order chi connectivity index (χ0) is 18.0. The minimum atomic E-state index is -1.31. The van der Waals surface area contributed by atoms with Crippen molar-refractivity contribution >= 4 is 23.4 Å². The summed E-state index contributed by atoms with van der Waals surface area (Å²) < 4.78 is 24.8. The van der Waals surface area contributed by atoms with Crippen LogP contribution in [0.2, 0.25) is 0 Å². The van der Waals surface area contributed by atoms with Gasteiger partial charge in [-0.3, -0.25) is 4.79 Å². The number of morpholine rings is 1. The van der Waals surface area contributed by atoms with Crippen LogP contribution in [0.4, 0.5) is 20.6 Å². The molecule has 1 aromatic carbocycles. The molecular formula is C16H20FN3O5. The van der Waals surface area contributed by atoms with Gasteiger partial charge in [0.1, 0.15) is 5.82 Å². The molecule has 0 radical (unpaired) electrons. The summed E-state index contributed by atoms with van der Waals surface area (Å²) in [5, 5.41) is 12.8. The summed E-state index contributed by atoms with van der Waals surface area (Å²) in [7, 11) is 0. The van der Waals surface area contributed by atoms with Crippen molar-refractivity contribution in [3.63, 3.8) is 0 Å². The van der Waals surface area contributed by atoms with E-state index >= 15 is 0 Å². The number of aliphatic hydroxyl groups excluding tert-OH is 1. The van der Waals surface area contributed by atoms with Crippen LogP contribution in [0.3, 0.4) is 0 Å². The van der Waals surface area contributed by atoms with Crippen molar-refractivity contribution in [1.29, 1.82) is 0 Å². The van der Waals surface area contributed by atoms with Crippen LogP contribution < -0.4 is 15.1 Å². The Labute approximate surface area is 144 Å². The highest BCUT2D eigenvalue weighted by molar-refractivity contribution is 5.90. The molecule has 1 aromatic rings. The Morgan fingerprint density at radius 3 is 2.76 bits per heavy atom. The van der Waals surface area contributed by atoms with E-state index < -0.39 is 24.2 Å². The lowest BCUT2D eigenvalue weighted by Crippen LogP contribution is -2.41. The lowest BCUT2D eigenvalue weighted by atomic mass is 10.2. The second kappa shape index (κ2) is 7.24. The monoisotopic (exact) mass is 353 g/mol. The van der Waals surface area contributed by atoms with Crippen molar-refractivity contribution < 1.29 is 28.6 Å². The first-order valence-electron chi connectivity index (χ1n) is 8.02. The number of carbonyl (C=O) groups is 2. The molecule has 9 heteroatoms. The summed E-state index contributed by atoms with van der Waals surface area (Å²) in [5.74, 6) is -0.799. The van der Waals surface area contributed by atoms with E-state index in [2.05, 4.69) is 5.32 Å². The Morgan fingerprint density at radius 1 is 1.40 bits per heavy atom. The van der Waals surface area contributed by atoms with Gasteiger partial charge in [-0.25, -0.2) is 14.1 Å². The number of aliphatic hydroxyl groups is 1. The number of hydrogen-bond donors (Lipinski definition) is 2. The summed E-state index contributed by atoms with van der Waals surface area (Å²) in [6.45, 7) is 3.53. The third-order valence-electron chi connectivity index (χ3n) is 4.16. The highest BCUT2D eigenvalue weighted by Gasteiger charge is 2.41. The number of benzene rings is 1. The summed E-state index contributed by atoms with van der Waals surface area (Å²) in [6, 6.07) is 4.31. The molecule has 25 heavy (non-hydrogen) atoms. The summed E-state index contributed by atoms with van der Waals surface area (Å²) in [4.78, 5) is 25.8. The van der Waals surface area contributed by atoms with Crippen LogP contribution in [-0.4, -0.2) is 62.3 Å². The van der Waals surface area contributed by atoms with E-state index in [9.17, 15) is 19.1 Å². The van der Waals surface area contributed by atoms with Gasteiger partial charge in [-0.15, -0.1) is 0 Å². The van der Waals surface area contributed by atoms with Crippen molar-refractivity contribution in [2.45, 2.75) is 19.3 Å². The molecule has 8 nitrogen and oxygen atoms in total. The summed E-state index contributed by atoms with van der Waals surface area (Å²) >= 11 is 0. The van der Waals surface area contributed by atoms with E-state index in [1.54, 1.807) is 12.1 Å². The van der Waals surface area contributed by atoms with E-state index in [0.717, 1.165) is 4.90 Å². The van der Waals surface area contributed by atoms with Gasteiger partial charge in [-0.1, -0.05) is 0 Å². The Kier molecular flexibility index (Phi) is 5.05. The zero-order valence-corrected chi connectivity index (χ0v) is 13.8. The fourth-order valence-corrected chi connectivity index (χ4v) is 2.88. The molecule has 0 saturated carbocycles. The van der Waals surface area contributed by atoms with Crippen LogP contribution in [0, 0.1) is 5.82 Å². The first kappa shape index (κ1) is 17.4. The number of ether oxygens (including phenoxy) is 2. The maximum atomic E-state index is 14.5. The van der Waals surface area contributed by atoms with Crippen molar-refractivity contribution in [2.24, 2.45) is 0 Å². The van der Waals surface area contributed by atoms with Crippen molar-refractivity contribution in [3.05, 3.63) is 24.0 Å². The van der Waals surface area contributed by atoms with Crippen LogP contribution >= 0.6 is 0 Å². The molecule has 136 valence electrons. The first-order valence-corrected chi connectivity index (χ1v) is 8.02. The van der Waals surface area contributed by atoms with Gasteiger partial charge < -0.3 is 24.8 Å². The molecule has 2 N–H and O–H groups in total. The maximum Gasteiger partial charge on any atom is 0.417 e. The minimum Gasteiger partial charge on any atom is -0.439 e. The van der Waals surface area contributed by atoms with Gasteiger partial charge in [0.05, 0.1) is 31.1 Å². The van der Waals surface area contributed by atoms with E-state index in [0.29, 0.717) is 32.0 Å². The maximum absolute atomic E-state index is 14.5. The predicted molar refractivity (Wildman–Crippen MR) is 86.9 cm³/mol. The second-order valence-corrected chi connectivity index (χ2v) is 5.88. The second-order valence-electron chi connectivity index (χ2n) is 5.88.